The van der Waals surface area contributed by atoms with Crippen molar-refractivity contribution in [2.75, 3.05) is 6.61 Å². The molecule has 74 valence electrons. The van der Waals surface area contributed by atoms with Crippen molar-refractivity contribution in [1.82, 2.24) is 0 Å². The fraction of sp³-hybridized carbons (Fsp3) is 0.300. The monoisotopic (exact) mass is 210 g/mol. The Morgan fingerprint density at radius 1 is 1.79 bits per heavy atom. The molecule has 0 aliphatic carbocycles. The number of terminal acetylenes is 1. The summed E-state index contributed by atoms with van der Waals surface area (Å²) < 4.78 is 5.12. The third kappa shape index (κ3) is 2.27. The summed E-state index contributed by atoms with van der Waals surface area (Å²) in [5.41, 5.74) is 0. The fourth-order valence-electron chi connectivity index (χ4n) is 0.973. The number of carbonyl (C=O) groups is 1. The van der Waals surface area contributed by atoms with Crippen LogP contribution < -0.4 is 4.74 Å². The van der Waals surface area contributed by atoms with E-state index < -0.39 is 5.97 Å². The lowest BCUT2D eigenvalue weighted by atomic mass is 10.3. The van der Waals surface area contributed by atoms with Crippen LogP contribution in [-0.2, 0) is 6.42 Å². The summed E-state index contributed by atoms with van der Waals surface area (Å²) >= 11 is 1.22. The first kappa shape index (κ1) is 10.6. The molecule has 0 amide bonds. The Morgan fingerprint density at radius 2 is 2.50 bits per heavy atom. The molecule has 3 nitrogen and oxygen atoms in total. The Morgan fingerprint density at radius 3 is 3.00 bits per heavy atom. The molecule has 0 saturated heterocycles. The second-order valence-electron chi connectivity index (χ2n) is 2.56. The third-order valence-electron chi connectivity index (χ3n) is 1.60. The van der Waals surface area contributed by atoms with Crippen LogP contribution in [0, 0.1) is 12.3 Å². The minimum Gasteiger partial charge on any atom is -0.479 e. The number of carboxylic acids is 1. The highest BCUT2D eigenvalue weighted by Gasteiger charge is 2.15. The number of carboxylic acid groups (broad SMARTS) is 1. The quantitative estimate of drug-likeness (QED) is 0.773. The molecule has 14 heavy (non-hydrogen) atoms. The Balaban J connectivity index is 2.95. The van der Waals surface area contributed by atoms with Gasteiger partial charge in [0.15, 0.2) is 4.88 Å². The number of rotatable bonds is 4. The topological polar surface area (TPSA) is 46.5 Å². The van der Waals surface area contributed by atoms with Gasteiger partial charge in [-0.25, -0.2) is 4.79 Å². The second kappa shape index (κ2) is 4.68. The zero-order valence-corrected chi connectivity index (χ0v) is 8.56. The van der Waals surface area contributed by atoms with Crippen LogP contribution in [0.4, 0.5) is 0 Å². The number of aryl methyl sites for hydroxylation is 1. The van der Waals surface area contributed by atoms with Crippen LogP contribution in [0.25, 0.3) is 0 Å². The van der Waals surface area contributed by atoms with Gasteiger partial charge in [0.25, 0.3) is 0 Å². The Hall–Kier alpha value is -1.47. The van der Waals surface area contributed by atoms with Gasteiger partial charge >= 0.3 is 5.97 Å². The van der Waals surface area contributed by atoms with Crippen molar-refractivity contribution in [3.05, 3.63) is 15.8 Å². The largest absolute Gasteiger partial charge is 0.479 e. The van der Waals surface area contributed by atoms with Crippen molar-refractivity contribution >= 4 is 17.3 Å². The maximum atomic E-state index is 10.8. The number of aromatic carboxylic acids is 1. The molecule has 0 aliphatic heterocycles. The van der Waals surface area contributed by atoms with Gasteiger partial charge in [-0.2, -0.15) is 0 Å². The maximum Gasteiger partial charge on any atom is 0.349 e. The van der Waals surface area contributed by atoms with Crippen molar-refractivity contribution in [2.24, 2.45) is 0 Å². The van der Waals surface area contributed by atoms with E-state index in [2.05, 4.69) is 5.92 Å². The zero-order chi connectivity index (χ0) is 10.6. The first-order valence-electron chi connectivity index (χ1n) is 4.11. The van der Waals surface area contributed by atoms with Crippen LogP contribution >= 0.6 is 11.3 Å². The predicted molar refractivity (Wildman–Crippen MR) is 55.0 cm³/mol. The highest BCUT2D eigenvalue weighted by atomic mass is 32.1. The third-order valence-corrected chi connectivity index (χ3v) is 2.85. The first-order chi connectivity index (χ1) is 6.69. The Kier molecular flexibility index (Phi) is 3.55. The van der Waals surface area contributed by atoms with Crippen LogP contribution in [0.1, 0.15) is 21.5 Å². The lowest BCUT2D eigenvalue weighted by molar-refractivity contribution is 0.0698. The lowest BCUT2D eigenvalue weighted by Gasteiger charge is -1.98. The Bertz CT molecular complexity index is 373. The number of hydrogen-bond acceptors (Lipinski definition) is 3. The molecule has 0 saturated carbocycles. The zero-order valence-electron chi connectivity index (χ0n) is 7.74. The predicted octanol–water partition coefficient (Wildman–Crippen LogP) is 2.02. The highest BCUT2D eigenvalue weighted by molar-refractivity contribution is 7.14. The molecule has 0 fully saturated rings. The van der Waals surface area contributed by atoms with E-state index in [0.717, 1.165) is 11.3 Å². The standard InChI is InChI=1S/C10H10O3S/c1-3-5-13-8-6-7(4-2)14-9(8)10(11)12/h1,6H,4-5H2,2H3,(H,11,12). The minimum absolute atomic E-state index is 0.0974. The molecular formula is C10H10O3S. The van der Waals surface area contributed by atoms with Crippen LogP contribution in [0.3, 0.4) is 0 Å². The fourth-order valence-corrected chi connectivity index (χ4v) is 1.85. The van der Waals surface area contributed by atoms with Crippen molar-refractivity contribution < 1.29 is 14.6 Å². The molecule has 1 rings (SSSR count). The SMILES string of the molecule is C#CCOc1cc(CC)sc1C(=O)O. The molecule has 1 heterocycles. The van der Waals surface area contributed by atoms with Gasteiger partial charge in [0.1, 0.15) is 12.4 Å². The molecule has 0 aromatic carbocycles. The molecule has 0 atom stereocenters. The van der Waals surface area contributed by atoms with E-state index in [1.54, 1.807) is 6.07 Å². The first-order valence-corrected chi connectivity index (χ1v) is 4.93. The van der Waals surface area contributed by atoms with Crippen molar-refractivity contribution in [3.8, 4) is 18.1 Å². The van der Waals surface area contributed by atoms with E-state index in [4.69, 9.17) is 16.3 Å². The molecule has 1 N–H and O–H groups in total. The van der Waals surface area contributed by atoms with E-state index in [9.17, 15) is 4.79 Å². The van der Waals surface area contributed by atoms with Gasteiger partial charge in [-0.15, -0.1) is 17.8 Å². The maximum absolute atomic E-state index is 10.8. The molecule has 4 heteroatoms. The normalized spacial score (nSPS) is 9.43. The molecule has 1 aromatic heterocycles. The molecule has 0 bridgehead atoms. The lowest BCUT2D eigenvalue weighted by Crippen LogP contribution is -1.99. The van der Waals surface area contributed by atoms with E-state index in [1.807, 2.05) is 6.92 Å². The van der Waals surface area contributed by atoms with E-state index in [-0.39, 0.29) is 11.5 Å². The Labute approximate surface area is 86.3 Å². The average Bonchev–Trinajstić information content (AvgIpc) is 2.58. The number of hydrogen-bond donors (Lipinski definition) is 1. The summed E-state index contributed by atoms with van der Waals surface area (Å²) in [5, 5.41) is 8.85. The van der Waals surface area contributed by atoms with Gasteiger partial charge in [-0.05, 0) is 12.5 Å². The summed E-state index contributed by atoms with van der Waals surface area (Å²) in [6.07, 6.45) is 5.82. The summed E-state index contributed by atoms with van der Waals surface area (Å²) in [7, 11) is 0. The molecule has 0 aliphatic rings. The van der Waals surface area contributed by atoms with E-state index in [0.29, 0.717) is 5.75 Å². The minimum atomic E-state index is -0.971. The summed E-state index contributed by atoms with van der Waals surface area (Å²) in [5.74, 6) is 1.70. The molecule has 0 radical (unpaired) electrons. The highest BCUT2D eigenvalue weighted by Crippen LogP contribution is 2.29. The molecule has 0 unspecified atom stereocenters. The summed E-state index contributed by atoms with van der Waals surface area (Å²) in [4.78, 5) is 12.0. The van der Waals surface area contributed by atoms with Crippen LogP contribution in [0.2, 0.25) is 0 Å². The summed E-state index contributed by atoms with van der Waals surface area (Å²) in [6, 6.07) is 1.73. The van der Waals surface area contributed by atoms with Gasteiger partial charge in [0.2, 0.25) is 0 Å². The molecule has 0 spiro atoms. The van der Waals surface area contributed by atoms with E-state index >= 15 is 0 Å². The molecular weight excluding hydrogens is 200 g/mol. The van der Waals surface area contributed by atoms with Crippen molar-refractivity contribution in [3.63, 3.8) is 0 Å². The van der Waals surface area contributed by atoms with E-state index in [1.165, 1.54) is 11.3 Å². The van der Waals surface area contributed by atoms with Gasteiger partial charge < -0.3 is 9.84 Å². The summed E-state index contributed by atoms with van der Waals surface area (Å²) in [6.45, 7) is 2.06. The van der Waals surface area contributed by atoms with Gasteiger partial charge in [0, 0.05) is 4.88 Å². The molecule has 1 aromatic rings. The van der Waals surface area contributed by atoms with Crippen LogP contribution in [0.15, 0.2) is 6.07 Å². The second-order valence-corrected chi connectivity index (χ2v) is 3.69. The van der Waals surface area contributed by atoms with Gasteiger partial charge in [-0.1, -0.05) is 12.8 Å². The van der Waals surface area contributed by atoms with Gasteiger partial charge in [-0.3, -0.25) is 0 Å². The number of thiophene rings is 1. The number of ether oxygens (including phenoxy) is 1. The van der Waals surface area contributed by atoms with Gasteiger partial charge in [0.05, 0.1) is 0 Å². The van der Waals surface area contributed by atoms with Crippen molar-refractivity contribution in [2.45, 2.75) is 13.3 Å². The van der Waals surface area contributed by atoms with Crippen molar-refractivity contribution in [1.29, 1.82) is 0 Å². The average molecular weight is 210 g/mol. The van der Waals surface area contributed by atoms with Crippen LogP contribution in [-0.4, -0.2) is 17.7 Å². The smallest absolute Gasteiger partial charge is 0.349 e. The van der Waals surface area contributed by atoms with Crippen LogP contribution in [0.5, 0.6) is 5.75 Å².